The van der Waals surface area contributed by atoms with E-state index in [1.54, 1.807) is 7.11 Å². The molecular formula is C16H14O3. The summed E-state index contributed by atoms with van der Waals surface area (Å²) in [4.78, 5) is 11.7. The first-order valence-electron chi connectivity index (χ1n) is 6.21. The fraction of sp³-hybridized carbons (Fsp3) is 0.188. The maximum atomic E-state index is 11.7. The topological polar surface area (TPSA) is 35.5 Å². The van der Waals surface area contributed by atoms with Crippen molar-refractivity contribution in [3.8, 4) is 5.75 Å². The van der Waals surface area contributed by atoms with Gasteiger partial charge in [0.2, 0.25) is 0 Å². The molecule has 1 unspecified atom stereocenters. The zero-order chi connectivity index (χ0) is 13.2. The smallest absolute Gasteiger partial charge is 0.339 e. The summed E-state index contributed by atoms with van der Waals surface area (Å²) in [7, 11) is 1.64. The Morgan fingerprint density at radius 2 is 1.84 bits per heavy atom. The normalized spacial score (nSPS) is 16.9. The zero-order valence-corrected chi connectivity index (χ0v) is 10.6. The number of methoxy groups -OCH3 is 1. The minimum atomic E-state index is -0.228. The van der Waals surface area contributed by atoms with Gasteiger partial charge >= 0.3 is 5.97 Å². The minimum absolute atomic E-state index is 0.183. The van der Waals surface area contributed by atoms with Crippen LogP contribution in [0.5, 0.6) is 5.75 Å². The van der Waals surface area contributed by atoms with Crippen molar-refractivity contribution in [2.45, 2.75) is 12.5 Å². The Balaban J connectivity index is 1.83. The number of fused-ring (bicyclic) bond motifs is 1. The van der Waals surface area contributed by atoms with Crippen molar-refractivity contribution in [1.29, 1.82) is 0 Å². The van der Waals surface area contributed by atoms with Gasteiger partial charge in [0.25, 0.3) is 0 Å². The molecular weight excluding hydrogens is 240 g/mol. The Labute approximate surface area is 111 Å². The highest BCUT2D eigenvalue weighted by Crippen LogP contribution is 2.33. The monoisotopic (exact) mass is 254 g/mol. The van der Waals surface area contributed by atoms with Crippen LogP contribution in [0.2, 0.25) is 0 Å². The summed E-state index contributed by atoms with van der Waals surface area (Å²) in [6.45, 7) is 0. The molecule has 1 atom stereocenters. The lowest BCUT2D eigenvalue weighted by Crippen LogP contribution is -2.02. The predicted molar refractivity (Wildman–Crippen MR) is 71.3 cm³/mol. The van der Waals surface area contributed by atoms with Gasteiger partial charge in [-0.1, -0.05) is 30.3 Å². The van der Waals surface area contributed by atoms with E-state index in [1.165, 1.54) is 0 Å². The van der Waals surface area contributed by atoms with E-state index < -0.39 is 0 Å². The van der Waals surface area contributed by atoms with E-state index in [0.29, 0.717) is 12.0 Å². The lowest BCUT2D eigenvalue weighted by atomic mass is 9.99. The molecule has 19 heavy (non-hydrogen) atoms. The SMILES string of the molecule is COc1ccc(CC2OC(=O)c3ccccc32)cc1. The van der Waals surface area contributed by atoms with Gasteiger partial charge in [-0.3, -0.25) is 0 Å². The third-order valence-corrected chi connectivity index (χ3v) is 3.36. The highest BCUT2D eigenvalue weighted by molar-refractivity contribution is 5.94. The van der Waals surface area contributed by atoms with Gasteiger partial charge < -0.3 is 9.47 Å². The fourth-order valence-corrected chi connectivity index (χ4v) is 2.35. The first-order chi connectivity index (χ1) is 9.28. The van der Waals surface area contributed by atoms with E-state index in [4.69, 9.17) is 9.47 Å². The quantitative estimate of drug-likeness (QED) is 0.789. The van der Waals surface area contributed by atoms with Gasteiger partial charge in [0.05, 0.1) is 12.7 Å². The number of hydrogen-bond acceptors (Lipinski definition) is 3. The molecule has 3 rings (SSSR count). The molecule has 0 saturated heterocycles. The maximum Gasteiger partial charge on any atom is 0.339 e. The minimum Gasteiger partial charge on any atom is -0.497 e. The zero-order valence-electron chi connectivity index (χ0n) is 10.6. The average Bonchev–Trinajstić information content (AvgIpc) is 2.77. The van der Waals surface area contributed by atoms with Crippen LogP contribution >= 0.6 is 0 Å². The Bertz CT molecular complexity index is 602. The molecule has 1 aliphatic rings. The first kappa shape index (κ1) is 11.8. The van der Waals surface area contributed by atoms with Gasteiger partial charge in [-0.05, 0) is 23.8 Å². The number of carbonyl (C=O) groups is 1. The Morgan fingerprint density at radius 1 is 1.11 bits per heavy atom. The number of rotatable bonds is 3. The molecule has 0 saturated carbocycles. The number of ether oxygens (including phenoxy) is 2. The van der Waals surface area contributed by atoms with E-state index in [2.05, 4.69) is 0 Å². The summed E-state index contributed by atoms with van der Waals surface area (Å²) in [6.07, 6.45) is 0.504. The summed E-state index contributed by atoms with van der Waals surface area (Å²) in [5, 5.41) is 0. The van der Waals surface area contributed by atoms with Crippen LogP contribution in [0.1, 0.15) is 27.6 Å². The van der Waals surface area contributed by atoms with Crippen molar-refractivity contribution in [2.75, 3.05) is 7.11 Å². The van der Waals surface area contributed by atoms with Gasteiger partial charge in [-0.15, -0.1) is 0 Å². The molecule has 3 nitrogen and oxygen atoms in total. The number of carbonyl (C=O) groups excluding carboxylic acids is 1. The van der Waals surface area contributed by atoms with Gasteiger partial charge in [-0.25, -0.2) is 4.79 Å². The molecule has 96 valence electrons. The van der Waals surface area contributed by atoms with E-state index in [1.807, 2.05) is 48.5 Å². The molecule has 3 heteroatoms. The second-order valence-electron chi connectivity index (χ2n) is 4.53. The lowest BCUT2D eigenvalue weighted by molar-refractivity contribution is 0.0387. The average molecular weight is 254 g/mol. The van der Waals surface area contributed by atoms with Crippen LogP contribution in [0.15, 0.2) is 48.5 Å². The van der Waals surface area contributed by atoms with E-state index >= 15 is 0 Å². The van der Waals surface area contributed by atoms with Crippen LogP contribution in [0.4, 0.5) is 0 Å². The third-order valence-electron chi connectivity index (χ3n) is 3.36. The van der Waals surface area contributed by atoms with Gasteiger partial charge in [0.15, 0.2) is 0 Å². The Morgan fingerprint density at radius 3 is 2.58 bits per heavy atom. The van der Waals surface area contributed by atoms with E-state index in [0.717, 1.165) is 16.9 Å². The molecule has 0 bridgehead atoms. The molecule has 2 aromatic carbocycles. The predicted octanol–water partition coefficient (Wildman–Crippen LogP) is 3.15. The molecule has 0 radical (unpaired) electrons. The van der Waals surface area contributed by atoms with Crippen LogP contribution in [0, 0.1) is 0 Å². The summed E-state index contributed by atoms with van der Waals surface area (Å²) < 4.78 is 10.5. The van der Waals surface area contributed by atoms with Crippen LogP contribution in [0.3, 0.4) is 0 Å². The summed E-state index contributed by atoms with van der Waals surface area (Å²) in [5.41, 5.74) is 2.78. The first-order valence-corrected chi connectivity index (χ1v) is 6.21. The number of cyclic esters (lactones) is 1. The van der Waals surface area contributed by atoms with Gasteiger partial charge in [-0.2, -0.15) is 0 Å². The second-order valence-corrected chi connectivity index (χ2v) is 4.53. The molecule has 0 aromatic heterocycles. The van der Waals surface area contributed by atoms with Crippen LogP contribution in [-0.4, -0.2) is 13.1 Å². The van der Waals surface area contributed by atoms with Gasteiger partial charge in [0, 0.05) is 12.0 Å². The molecule has 0 N–H and O–H groups in total. The van der Waals surface area contributed by atoms with Crippen molar-refractivity contribution in [3.05, 3.63) is 65.2 Å². The second kappa shape index (κ2) is 4.76. The Hall–Kier alpha value is -2.29. The fourth-order valence-electron chi connectivity index (χ4n) is 2.35. The largest absolute Gasteiger partial charge is 0.497 e. The van der Waals surface area contributed by atoms with E-state index in [-0.39, 0.29) is 12.1 Å². The molecule has 0 fully saturated rings. The maximum absolute atomic E-state index is 11.7. The van der Waals surface area contributed by atoms with Crippen molar-refractivity contribution in [3.63, 3.8) is 0 Å². The summed E-state index contributed by atoms with van der Waals surface area (Å²) in [6, 6.07) is 15.4. The molecule has 1 aliphatic heterocycles. The molecule has 1 heterocycles. The number of benzene rings is 2. The number of hydrogen-bond donors (Lipinski definition) is 0. The highest BCUT2D eigenvalue weighted by atomic mass is 16.5. The number of esters is 1. The lowest BCUT2D eigenvalue weighted by Gasteiger charge is -2.11. The van der Waals surface area contributed by atoms with E-state index in [9.17, 15) is 4.79 Å². The van der Waals surface area contributed by atoms with Crippen molar-refractivity contribution < 1.29 is 14.3 Å². The molecule has 2 aromatic rings. The molecule has 0 amide bonds. The van der Waals surface area contributed by atoms with Crippen LogP contribution in [-0.2, 0) is 11.2 Å². The summed E-state index contributed by atoms with van der Waals surface area (Å²) in [5.74, 6) is 0.599. The van der Waals surface area contributed by atoms with Gasteiger partial charge in [0.1, 0.15) is 11.9 Å². The summed E-state index contributed by atoms with van der Waals surface area (Å²) >= 11 is 0. The van der Waals surface area contributed by atoms with Crippen LogP contribution < -0.4 is 4.74 Å². The third kappa shape index (κ3) is 2.19. The molecule has 0 aliphatic carbocycles. The van der Waals surface area contributed by atoms with Crippen LogP contribution in [0.25, 0.3) is 0 Å². The highest BCUT2D eigenvalue weighted by Gasteiger charge is 2.30. The van der Waals surface area contributed by atoms with Crippen molar-refractivity contribution >= 4 is 5.97 Å². The standard InChI is InChI=1S/C16H14O3/c1-18-12-8-6-11(7-9-12)10-15-13-4-2-3-5-14(13)16(17)19-15/h2-9,15H,10H2,1H3. The van der Waals surface area contributed by atoms with Crippen molar-refractivity contribution in [2.24, 2.45) is 0 Å². The molecule has 0 spiro atoms. The Kier molecular flexibility index (Phi) is 2.95. The van der Waals surface area contributed by atoms with Crippen molar-refractivity contribution in [1.82, 2.24) is 0 Å².